The number of rotatable bonds is 2. The fourth-order valence-corrected chi connectivity index (χ4v) is 2.24. The second-order valence-electron chi connectivity index (χ2n) is 4.11. The van der Waals surface area contributed by atoms with Gasteiger partial charge < -0.3 is 15.4 Å². The van der Waals surface area contributed by atoms with Crippen molar-refractivity contribution in [1.82, 2.24) is 10.6 Å². The van der Waals surface area contributed by atoms with E-state index in [1.165, 1.54) is 7.11 Å². The van der Waals surface area contributed by atoms with Crippen LogP contribution in [0, 0.1) is 0 Å². The molecule has 2 amide bonds. The maximum absolute atomic E-state index is 11.9. The monoisotopic (exact) mass is 324 g/mol. The Morgan fingerprint density at radius 1 is 1.32 bits per heavy atom. The Bertz CT molecular complexity index is 552. The third-order valence-corrected chi connectivity index (χ3v) is 3.41. The molecule has 100 valence electrons. The lowest BCUT2D eigenvalue weighted by Gasteiger charge is -2.27. The fraction of sp³-hybridized carbons (Fsp3) is 0.231. The molecule has 6 heteroatoms. The fourth-order valence-electron chi connectivity index (χ4n) is 1.98. The van der Waals surface area contributed by atoms with E-state index in [9.17, 15) is 9.59 Å². The van der Waals surface area contributed by atoms with Crippen molar-refractivity contribution in [3.05, 3.63) is 45.6 Å². The normalized spacial score (nSPS) is 18.7. The summed E-state index contributed by atoms with van der Waals surface area (Å²) >= 11 is 3.35. The summed E-state index contributed by atoms with van der Waals surface area (Å²) in [5, 5.41) is 5.30. The lowest BCUT2D eigenvalue weighted by molar-refractivity contribution is -0.136. The Hall–Kier alpha value is -1.82. The standard InChI is InChI=1S/C13H13BrN2O3/c1-7-10(12(17)19-2)11(16-13(18)15-7)8-3-5-9(14)6-4-8/h3-6,11H,1-2H3,(H2,15,16,18)/t11-/m1/s1. The highest BCUT2D eigenvalue weighted by atomic mass is 79.9. The molecule has 1 aliphatic rings. The van der Waals surface area contributed by atoms with Crippen molar-refractivity contribution in [1.29, 1.82) is 0 Å². The van der Waals surface area contributed by atoms with Crippen molar-refractivity contribution in [3.63, 3.8) is 0 Å². The van der Waals surface area contributed by atoms with Gasteiger partial charge in [-0.05, 0) is 24.6 Å². The van der Waals surface area contributed by atoms with Crippen LogP contribution >= 0.6 is 15.9 Å². The van der Waals surface area contributed by atoms with Gasteiger partial charge in [0.2, 0.25) is 0 Å². The van der Waals surface area contributed by atoms with E-state index in [2.05, 4.69) is 26.6 Å². The van der Waals surface area contributed by atoms with E-state index >= 15 is 0 Å². The van der Waals surface area contributed by atoms with Crippen molar-refractivity contribution in [3.8, 4) is 0 Å². The SMILES string of the molecule is COC(=O)C1=C(C)NC(=O)N[C@@H]1c1ccc(Br)cc1. The van der Waals surface area contributed by atoms with E-state index in [1.807, 2.05) is 24.3 Å². The van der Waals surface area contributed by atoms with E-state index in [0.717, 1.165) is 10.0 Å². The van der Waals surface area contributed by atoms with Gasteiger partial charge in [-0.15, -0.1) is 0 Å². The third-order valence-electron chi connectivity index (χ3n) is 2.88. The number of halogens is 1. The molecule has 0 saturated heterocycles. The summed E-state index contributed by atoms with van der Waals surface area (Å²) in [5.74, 6) is -0.460. The second kappa shape index (κ2) is 5.44. The minimum absolute atomic E-state index is 0.335. The smallest absolute Gasteiger partial charge is 0.337 e. The molecule has 19 heavy (non-hydrogen) atoms. The zero-order chi connectivity index (χ0) is 14.0. The lowest BCUT2D eigenvalue weighted by atomic mass is 9.96. The molecule has 0 radical (unpaired) electrons. The molecule has 1 aromatic carbocycles. The maximum atomic E-state index is 11.9. The number of esters is 1. The van der Waals surface area contributed by atoms with Crippen molar-refractivity contribution in [2.75, 3.05) is 7.11 Å². The van der Waals surface area contributed by atoms with Gasteiger partial charge in [0.1, 0.15) is 0 Å². The van der Waals surface area contributed by atoms with Crippen LogP contribution in [0.4, 0.5) is 4.79 Å². The van der Waals surface area contributed by atoms with Gasteiger partial charge in [-0.3, -0.25) is 0 Å². The maximum Gasteiger partial charge on any atom is 0.337 e. The Morgan fingerprint density at radius 2 is 1.95 bits per heavy atom. The second-order valence-corrected chi connectivity index (χ2v) is 5.03. The first kappa shape index (κ1) is 13.6. The average molecular weight is 325 g/mol. The number of benzene rings is 1. The highest BCUT2D eigenvalue weighted by Crippen LogP contribution is 2.28. The summed E-state index contributed by atoms with van der Waals surface area (Å²) in [5.41, 5.74) is 1.73. The summed E-state index contributed by atoms with van der Waals surface area (Å²) in [6.45, 7) is 1.68. The molecule has 0 fully saturated rings. The van der Waals surface area contributed by atoms with Crippen LogP contribution in [0.5, 0.6) is 0 Å². The van der Waals surface area contributed by atoms with E-state index < -0.39 is 12.0 Å². The number of hydrogen-bond donors (Lipinski definition) is 2. The Morgan fingerprint density at radius 3 is 2.53 bits per heavy atom. The summed E-state index contributed by atoms with van der Waals surface area (Å²) in [7, 11) is 1.32. The topological polar surface area (TPSA) is 67.4 Å². The quantitative estimate of drug-likeness (QED) is 0.820. The molecule has 1 aliphatic heterocycles. The lowest BCUT2D eigenvalue weighted by Crippen LogP contribution is -2.45. The van der Waals surface area contributed by atoms with E-state index in [-0.39, 0.29) is 6.03 Å². The number of hydrogen-bond acceptors (Lipinski definition) is 3. The zero-order valence-electron chi connectivity index (χ0n) is 10.5. The molecule has 0 spiro atoms. The van der Waals surface area contributed by atoms with Gasteiger partial charge in [0.05, 0.1) is 18.7 Å². The molecule has 1 atom stereocenters. The number of carbonyl (C=O) groups excluding carboxylic acids is 2. The Balaban J connectivity index is 2.46. The van der Waals surface area contributed by atoms with Gasteiger partial charge in [0.25, 0.3) is 0 Å². The molecule has 2 rings (SSSR count). The van der Waals surface area contributed by atoms with Crippen molar-refractivity contribution < 1.29 is 14.3 Å². The van der Waals surface area contributed by atoms with Crippen LogP contribution in [0.2, 0.25) is 0 Å². The first-order chi connectivity index (χ1) is 9.02. The van der Waals surface area contributed by atoms with Crippen LogP contribution in [0.3, 0.4) is 0 Å². The first-order valence-corrected chi connectivity index (χ1v) is 6.44. The highest BCUT2D eigenvalue weighted by molar-refractivity contribution is 9.10. The molecular formula is C13H13BrN2O3. The van der Waals surface area contributed by atoms with E-state index in [1.54, 1.807) is 6.92 Å². The van der Waals surface area contributed by atoms with Crippen molar-refractivity contribution in [2.24, 2.45) is 0 Å². The Kier molecular flexibility index (Phi) is 3.90. The summed E-state index contributed by atoms with van der Waals surface area (Å²) < 4.78 is 5.70. The number of allylic oxidation sites excluding steroid dienone is 1. The van der Waals surface area contributed by atoms with Gasteiger partial charge in [0.15, 0.2) is 0 Å². The zero-order valence-corrected chi connectivity index (χ0v) is 12.1. The number of nitrogens with one attached hydrogen (secondary N) is 2. The number of amides is 2. The molecule has 0 unspecified atom stereocenters. The molecule has 1 aromatic rings. The van der Waals surface area contributed by atoms with E-state index in [4.69, 9.17) is 4.74 Å². The predicted octanol–water partition coefficient (Wildman–Crippen LogP) is 2.25. The molecule has 0 aliphatic carbocycles. The summed E-state index contributed by atoms with van der Waals surface area (Å²) in [6.07, 6.45) is 0. The predicted molar refractivity (Wildman–Crippen MR) is 73.3 cm³/mol. The average Bonchev–Trinajstić information content (AvgIpc) is 2.38. The number of methoxy groups -OCH3 is 1. The first-order valence-electron chi connectivity index (χ1n) is 5.65. The van der Waals surface area contributed by atoms with Gasteiger partial charge >= 0.3 is 12.0 Å². The van der Waals surface area contributed by atoms with Crippen LogP contribution < -0.4 is 10.6 Å². The van der Waals surface area contributed by atoms with Crippen molar-refractivity contribution in [2.45, 2.75) is 13.0 Å². The minimum atomic E-state index is -0.505. The third kappa shape index (κ3) is 2.78. The summed E-state index contributed by atoms with van der Waals surface area (Å²) in [4.78, 5) is 23.4. The molecule has 5 nitrogen and oxygen atoms in total. The van der Waals surface area contributed by atoms with Gasteiger partial charge in [-0.2, -0.15) is 0 Å². The molecule has 0 saturated carbocycles. The van der Waals surface area contributed by atoms with Crippen LogP contribution in [0.15, 0.2) is 40.0 Å². The highest BCUT2D eigenvalue weighted by Gasteiger charge is 2.31. The number of ether oxygens (including phenoxy) is 1. The largest absolute Gasteiger partial charge is 0.466 e. The molecule has 1 heterocycles. The van der Waals surface area contributed by atoms with Crippen LogP contribution in [-0.4, -0.2) is 19.1 Å². The van der Waals surface area contributed by atoms with E-state index in [0.29, 0.717) is 11.3 Å². The Labute approximate surface area is 119 Å². The molecular weight excluding hydrogens is 312 g/mol. The number of urea groups is 1. The van der Waals surface area contributed by atoms with Gasteiger partial charge in [0, 0.05) is 10.2 Å². The molecule has 0 bridgehead atoms. The number of carbonyl (C=O) groups is 2. The van der Waals surface area contributed by atoms with Crippen molar-refractivity contribution >= 4 is 27.9 Å². The minimum Gasteiger partial charge on any atom is -0.466 e. The van der Waals surface area contributed by atoms with Crippen LogP contribution in [-0.2, 0) is 9.53 Å². The molecule has 0 aromatic heterocycles. The summed E-state index contributed by atoms with van der Waals surface area (Å²) in [6, 6.07) is 6.56. The van der Waals surface area contributed by atoms with Crippen LogP contribution in [0.25, 0.3) is 0 Å². The van der Waals surface area contributed by atoms with Crippen LogP contribution in [0.1, 0.15) is 18.5 Å². The van der Waals surface area contributed by atoms with Gasteiger partial charge in [-0.25, -0.2) is 9.59 Å². The van der Waals surface area contributed by atoms with Gasteiger partial charge in [-0.1, -0.05) is 28.1 Å². The molecule has 2 N–H and O–H groups in total.